The quantitative estimate of drug-likeness (QED) is 0.750. The molecule has 0 saturated carbocycles. The number of amides is 2. The molecule has 0 unspecified atom stereocenters. The molecule has 30 heavy (non-hydrogen) atoms. The van der Waals surface area contributed by atoms with Gasteiger partial charge in [0.05, 0.1) is 18.8 Å². The van der Waals surface area contributed by atoms with Crippen LogP contribution < -0.4 is 0 Å². The Morgan fingerprint density at radius 1 is 1.07 bits per heavy atom. The minimum Gasteiger partial charge on any atom is -0.444 e. The SMILES string of the molecule is CC(C)(C)OC(=O)N1CCN(C(=O)c2nnn3c2CO[C@@H](c2ccccc2)C3)CC1. The lowest BCUT2D eigenvalue weighted by Crippen LogP contribution is -2.51. The monoisotopic (exact) mass is 413 g/mol. The maximum Gasteiger partial charge on any atom is 0.410 e. The smallest absolute Gasteiger partial charge is 0.410 e. The van der Waals surface area contributed by atoms with Crippen LogP contribution in [0.5, 0.6) is 0 Å². The highest BCUT2D eigenvalue weighted by molar-refractivity contribution is 5.93. The van der Waals surface area contributed by atoms with Crippen molar-refractivity contribution >= 4 is 12.0 Å². The molecule has 1 aromatic heterocycles. The predicted molar refractivity (Wildman–Crippen MR) is 108 cm³/mol. The van der Waals surface area contributed by atoms with E-state index in [-0.39, 0.29) is 24.7 Å². The zero-order chi connectivity index (χ0) is 21.3. The lowest BCUT2D eigenvalue weighted by atomic mass is 10.1. The van der Waals surface area contributed by atoms with Crippen molar-refractivity contribution in [1.29, 1.82) is 0 Å². The average Bonchev–Trinajstić information content (AvgIpc) is 3.16. The van der Waals surface area contributed by atoms with Gasteiger partial charge in [-0.05, 0) is 26.3 Å². The van der Waals surface area contributed by atoms with Crippen LogP contribution >= 0.6 is 0 Å². The highest BCUT2D eigenvalue weighted by Gasteiger charge is 2.32. The third-order valence-electron chi connectivity index (χ3n) is 5.19. The molecule has 0 spiro atoms. The first-order valence-electron chi connectivity index (χ1n) is 10.2. The molecule has 2 amide bonds. The summed E-state index contributed by atoms with van der Waals surface area (Å²) < 4.78 is 13.1. The molecule has 160 valence electrons. The molecule has 0 radical (unpaired) electrons. The van der Waals surface area contributed by atoms with E-state index in [9.17, 15) is 9.59 Å². The summed E-state index contributed by atoms with van der Waals surface area (Å²) in [6, 6.07) is 9.95. The molecule has 1 fully saturated rings. The van der Waals surface area contributed by atoms with E-state index in [4.69, 9.17) is 9.47 Å². The van der Waals surface area contributed by atoms with Gasteiger partial charge in [0.15, 0.2) is 5.69 Å². The van der Waals surface area contributed by atoms with Crippen molar-refractivity contribution in [2.45, 2.75) is 45.6 Å². The van der Waals surface area contributed by atoms with E-state index in [0.29, 0.717) is 44.1 Å². The Labute approximate surface area is 175 Å². The molecular weight excluding hydrogens is 386 g/mol. The van der Waals surface area contributed by atoms with Crippen LogP contribution in [0.2, 0.25) is 0 Å². The minimum absolute atomic E-state index is 0.110. The van der Waals surface area contributed by atoms with Crippen LogP contribution in [0.4, 0.5) is 4.79 Å². The van der Waals surface area contributed by atoms with Crippen LogP contribution in [0.15, 0.2) is 30.3 Å². The summed E-state index contributed by atoms with van der Waals surface area (Å²) in [5.41, 5.74) is 1.56. The molecule has 0 N–H and O–H groups in total. The highest BCUT2D eigenvalue weighted by Crippen LogP contribution is 2.27. The maximum absolute atomic E-state index is 13.0. The fourth-order valence-corrected chi connectivity index (χ4v) is 3.62. The molecule has 2 aromatic rings. The first-order chi connectivity index (χ1) is 14.3. The normalized spacial score (nSPS) is 19.4. The molecular formula is C21H27N5O4. The van der Waals surface area contributed by atoms with Crippen molar-refractivity contribution < 1.29 is 19.1 Å². The Hall–Kier alpha value is -2.94. The zero-order valence-corrected chi connectivity index (χ0v) is 17.6. The van der Waals surface area contributed by atoms with Crippen LogP contribution in [0, 0.1) is 0 Å². The number of rotatable bonds is 2. The molecule has 9 heteroatoms. The minimum atomic E-state index is -0.539. The van der Waals surface area contributed by atoms with Crippen molar-refractivity contribution in [3.05, 3.63) is 47.3 Å². The Balaban J connectivity index is 1.38. The summed E-state index contributed by atoms with van der Waals surface area (Å²) in [4.78, 5) is 28.6. The van der Waals surface area contributed by atoms with Crippen molar-refractivity contribution in [3.63, 3.8) is 0 Å². The zero-order valence-electron chi connectivity index (χ0n) is 17.6. The summed E-state index contributed by atoms with van der Waals surface area (Å²) in [6.45, 7) is 8.03. The Kier molecular flexibility index (Phi) is 5.46. The summed E-state index contributed by atoms with van der Waals surface area (Å²) in [6.07, 6.45) is -0.461. The van der Waals surface area contributed by atoms with Crippen LogP contribution in [0.1, 0.15) is 48.6 Å². The molecule has 2 aliphatic rings. The molecule has 0 aliphatic carbocycles. The maximum atomic E-state index is 13.0. The first kappa shape index (κ1) is 20.3. The number of piperazine rings is 1. The summed E-state index contributed by atoms with van der Waals surface area (Å²) in [5, 5.41) is 8.33. The lowest BCUT2D eigenvalue weighted by Gasteiger charge is -2.35. The third kappa shape index (κ3) is 4.30. The second-order valence-corrected chi connectivity index (χ2v) is 8.54. The molecule has 1 saturated heterocycles. The van der Waals surface area contributed by atoms with Crippen molar-refractivity contribution in [1.82, 2.24) is 24.8 Å². The van der Waals surface area contributed by atoms with E-state index in [1.165, 1.54) is 0 Å². The molecule has 1 aromatic carbocycles. The number of fused-ring (bicyclic) bond motifs is 1. The van der Waals surface area contributed by atoms with Crippen molar-refractivity contribution in [2.24, 2.45) is 0 Å². The van der Waals surface area contributed by atoms with E-state index < -0.39 is 5.60 Å². The summed E-state index contributed by atoms with van der Waals surface area (Å²) in [5.74, 6) is -0.179. The molecule has 4 rings (SSSR count). The van der Waals surface area contributed by atoms with Crippen molar-refractivity contribution in [3.8, 4) is 0 Å². The molecule has 0 bridgehead atoms. The predicted octanol–water partition coefficient (Wildman–Crippen LogP) is 2.24. The van der Waals surface area contributed by atoms with E-state index in [0.717, 1.165) is 5.56 Å². The number of carbonyl (C=O) groups excluding carboxylic acids is 2. The topological polar surface area (TPSA) is 89.8 Å². The standard InChI is InChI=1S/C21H27N5O4/c1-21(2,3)30-20(28)25-11-9-24(10-12-25)19(27)18-16-14-29-17(13-26(16)23-22-18)15-7-5-4-6-8-15/h4-8,17H,9-14H2,1-3H3/t17-/m1/s1. The van der Waals surface area contributed by atoms with Gasteiger partial charge in [-0.3, -0.25) is 4.79 Å². The molecule has 1 atom stereocenters. The lowest BCUT2D eigenvalue weighted by molar-refractivity contribution is -0.00216. The van der Waals surface area contributed by atoms with Crippen LogP contribution in [0.3, 0.4) is 0 Å². The summed E-state index contributed by atoms with van der Waals surface area (Å²) >= 11 is 0. The van der Waals surface area contributed by atoms with Gasteiger partial charge in [-0.15, -0.1) is 5.10 Å². The number of ether oxygens (including phenoxy) is 2. The molecule has 3 heterocycles. The third-order valence-corrected chi connectivity index (χ3v) is 5.19. The van der Waals surface area contributed by atoms with Crippen LogP contribution in [0.25, 0.3) is 0 Å². The van der Waals surface area contributed by atoms with Gasteiger partial charge >= 0.3 is 6.09 Å². The van der Waals surface area contributed by atoms with Crippen LogP contribution in [-0.4, -0.2) is 68.6 Å². The van der Waals surface area contributed by atoms with E-state index in [2.05, 4.69) is 10.3 Å². The number of hydrogen-bond donors (Lipinski definition) is 0. The van der Waals surface area contributed by atoms with Gasteiger partial charge in [-0.25, -0.2) is 9.48 Å². The Bertz CT molecular complexity index is 913. The van der Waals surface area contributed by atoms with Gasteiger partial charge in [0.1, 0.15) is 11.7 Å². The largest absolute Gasteiger partial charge is 0.444 e. The van der Waals surface area contributed by atoms with Crippen LogP contribution in [-0.2, 0) is 22.6 Å². The second kappa shape index (κ2) is 8.06. The van der Waals surface area contributed by atoms with Gasteiger partial charge in [-0.2, -0.15) is 0 Å². The molecule has 2 aliphatic heterocycles. The van der Waals surface area contributed by atoms with Gasteiger partial charge in [0, 0.05) is 26.2 Å². The average molecular weight is 413 g/mol. The number of aromatic nitrogens is 3. The first-order valence-corrected chi connectivity index (χ1v) is 10.2. The molecule has 9 nitrogen and oxygen atoms in total. The van der Waals surface area contributed by atoms with E-state index >= 15 is 0 Å². The number of benzene rings is 1. The van der Waals surface area contributed by atoms with E-state index in [1.54, 1.807) is 14.5 Å². The summed E-state index contributed by atoms with van der Waals surface area (Å²) in [7, 11) is 0. The number of carbonyl (C=O) groups is 2. The Morgan fingerprint density at radius 2 is 1.73 bits per heavy atom. The number of hydrogen-bond acceptors (Lipinski definition) is 6. The van der Waals surface area contributed by atoms with Gasteiger partial charge < -0.3 is 19.3 Å². The van der Waals surface area contributed by atoms with Crippen molar-refractivity contribution in [2.75, 3.05) is 26.2 Å². The van der Waals surface area contributed by atoms with Gasteiger partial charge in [-0.1, -0.05) is 35.5 Å². The fraction of sp³-hybridized carbons (Fsp3) is 0.524. The number of nitrogens with zero attached hydrogens (tertiary/aromatic N) is 5. The Morgan fingerprint density at radius 3 is 2.40 bits per heavy atom. The fourth-order valence-electron chi connectivity index (χ4n) is 3.62. The van der Waals surface area contributed by atoms with Gasteiger partial charge in [0.25, 0.3) is 5.91 Å². The van der Waals surface area contributed by atoms with E-state index in [1.807, 2.05) is 51.1 Å². The van der Waals surface area contributed by atoms with Gasteiger partial charge in [0.2, 0.25) is 0 Å². The second-order valence-electron chi connectivity index (χ2n) is 8.54. The highest BCUT2D eigenvalue weighted by atomic mass is 16.6.